The monoisotopic (exact) mass is 829 g/mol. The molecule has 0 aromatic heterocycles. The zero-order valence-electron chi connectivity index (χ0n) is 41.4. The van der Waals surface area contributed by atoms with Crippen LogP contribution in [0.15, 0.2) is 12.2 Å². The number of esters is 1. The van der Waals surface area contributed by atoms with Gasteiger partial charge in [-0.1, -0.05) is 303 Å². The van der Waals surface area contributed by atoms with Crippen molar-refractivity contribution in [2.24, 2.45) is 5.92 Å². The Hall–Kier alpha value is -0.790. The van der Waals surface area contributed by atoms with Crippen molar-refractivity contribution >= 4 is 5.97 Å². The van der Waals surface area contributed by atoms with Gasteiger partial charge >= 0.3 is 5.97 Å². The SMILES string of the molecule is CCCCCCCCC=CCCCCCCCCCC(=O)OCCCCCCCCCCCCCCCCCCCCCCCCCCCCCCCCCC(C)CC. The van der Waals surface area contributed by atoms with E-state index in [9.17, 15) is 4.79 Å². The number of unbranched alkanes of at least 4 members (excludes halogenated alkanes) is 43. The maximum Gasteiger partial charge on any atom is 0.305 e. The highest BCUT2D eigenvalue weighted by Gasteiger charge is 2.03. The van der Waals surface area contributed by atoms with Gasteiger partial charge in [0.2, 0.25) is 0 Å². The number of ether oxygens (including phenoxy) is 1. The molecule has 1 atom stereocenters. The Morgan fingerprint density at radius 1 is 0.356 bits per heavy atom. The third kappa shape index (κ3) is 53.3. The van der Waals surface area contributed by atoms with Gasteiger partial charge < -0.3 is 4.74 Å². The Kier molecular flexibility index (Phi) is 52.6. The minimum atomic E-state index is 0.0265. The third-order valence-corrected chi connectivity index (χ3v) is 13.4. The third-order valence-electron chi connectivity index (χ3n) is 13.4. The Bertz CT molecular complexity index is 788. The maximum atomic E-state index is 12.1. The van der Waals surface area contributed by atoms with Crippen LogP contribution in [-0.2, 0) is 9.53 Å². The van der Waals surface area contributed by atoms with Gasteiger partial charge in [-0.2, -0.15) is 0 Å². The topological polar surface area (TPSA) is 26.3 Å². The van der Waals surface area contributed by atoms with Gasteiger partial charge in [0.05, 0.1) is 6.61 Å². The molecule has 0 aromatic rings. The fourth-order valence-electron chi connectivity index (χ4n) is 8.88. The molecule has 352 valence electrons. The van der Waals surface area contributed by atoms with Crippen molar-refractivity contribution in [3.8, 4) is 0 Å². The summed E-state index contributed by atoms with van der Waals surface area (Å²) >= 11 is 0. The van der Waals surface area contributed by atoms with E-state index in [0.29, 0.717) is 13.0 Å². The first-order valence-electron chi connectivity index (χ1n) is 28.0. The zero-order chi connectivity index (χ0) is 42.6. The lowest BCUT2D eigenvalue weighted by molar-refractivity contribution is -0.143. The summed E-state index contributed by atoms with van der Waals surface area (Å²) in [5, 5.41) is 0. The van der Waals surface area contributed by atoms with E-state index < -0.39 is 0 Å². The van der Waals surface area contributed by atoms with Crippen LogP contribution in [0.25, 0.3) is 0 Å². The van der Waals surface area contributed by atoms with Gasteiger partial charge in [-0.15, -0.1) is 0 Å². The van der Waals surface area contributed by atoms with Gasteiger partial charge in [0.15, 0.2) is 0 Å². The van der Waals surface area contributed by atoms with Crippen molar-refractivity contribution in [3.63, 3.8) is 0 Å². The van der Waals surface area contributed by atoms with Crippen molar-refractivity contribution in [1.82, 2.24) is 0 Å². The number of carbonyl (C=O) groups excluding carboxylic acids is 1. The van der Waals surface area contributed by atoms with E-state index in [1.54, 1.807) is 0 Å². The minimum Gasteiger partial charge on any atom is -0.466 e. The van der Waals surface area contributed by atoms with E-state index >= 15 is 0 Å². The average molecular weight is 830 g/mol. The number of carbonyl (C=O) groups is 1. The van der Waals surface area contributed by atoms with Crippen LogP contribution in [0.3, 0.4) is 0 Å². The van der Waals surface area contributed by atoms with Crippen LogP contribution >= 0.6 is 0 Å². The van der Waals surface area contributed by atoms with E-state index in [4.69, 9.17) is 4.74 Å². The molecule has 0 saturated heterocycles. The summed E-state index contributed by atoms with van der Waals surface area (Å²) in [5.74, 6) is 0.966. The maximum absolute atomic E-state index is 12.1. The number of hydrogen-bond acceptors (Lipinski definition) is 2. The van der Waals surface area contributed by atoms with Crippen LogP contribution in [-0.4, -0.2) is 12.6 Å². The standard InChI is InChI=1S/C57H112O2/c1-4-6-7-8-9-10-11-12-13-29-33-36-39-42-45-48-51-54-57(58)59-55-52-49-46-43-40-37-34-31-28-26-24-22-20-18-16-14-15-17-19-21-23-25-27-30-32-35-38-41-44-47-50-53-56(3)5-2/h12-13,56H,4-11,14-55H2,1-3H3. The average Bonchev–Trinajstić information content (AvgIpc) is 3.24. The van der Waals surface area contributed by atoms with E-state index in [1.807, 2.05) is 0 Å². The Balaban J connectivity index is 3.15. The predicted molar refractivity (Wildman–Crippen MR) is 267 cm³/mol. The van der Waals surface area contributed by atoms with Crippen molar-refractivity contribution in [1.29, 1.82) is 0 Å². The number of allylic oxidation sites excluding steroid dienone is 2. The second-order valence-electron chi connectivity index (χ2n) is 19.5. The van der Waals surface area contributed by atoms with Gasteiger partial charge in [0.25, 0.3) is 0 Å². The Morgan fingerprint density at radius 3 is 0.949 bits per heavy atom. The summed E-state index contributed by atoms with van der Waals surface area (Å²) < 4.78 is 5.50. The fraction of sp³-hybridized carbons (Fsp3) is 0.947. The summed E-state index contributed by atoms with van der Waals surface area (Å²) in [6.07, 6.45) is 72.3. The number of rotatable bonds is 52. The fourth-order valence-corrected chi connectivity index (χ4v) is 8.88. The molecule has 0 aromatic carbocycles. The highest BCUT2D eigenvalue weighted by Crippen LogP contribution is 2.18. The first-order chi connectivity index (χ1) is 29.2. The van der Waals surface area contributed by atoms with Crippen LogP contribution < -0.4 is 0 Å². The molecule has 0 aliphatic rings. The molecule has 0 radical (unpaired) electrons. The van der Waals surface area contributed by atoms with Gasteiger partial charge in [-0.05, 0) is 44.4 Å². The molecular formula is C57H112O2. The summed E-state index contributed by atoms with van der Waals surface area (Å²) in [4.78, 5) is 12.1. The van der Waals surface area contributed by atoms with Crippen molar-refractivity contribution in [3.05, 3.63) is 12.2 Å². The summed E-state index contributed by atoms with van der Waals surface area (Å²) in [6, 6.07) is 0. The molecule has 2 heteroatoms. The molecule has 0 aliphatic carbocycles. The molecule has 1 unspecified atom stereocenters. The molecule has 0 bridgehead atoms. The Labute approximate surface area is 374 Å². The molecule has 0 aliphatic heterocycles. The molecule has 0 spiro atoms. The van der Waals surface area contributed by atoms with Crippen LogP contribution in [0.5, 0.6) is 0 Å². The van der Waals surface area contributed by atoms with Gasteiger partial charge in [0.1, 0.15) is 0 Å². The minimum absolute atomic E-state index is 0.0265. The molecular weight excluding hydrogens is 717 g/mol. The number of hydrogen-bond donors (Lipinski definition) is 0. The van der Waals surface area contributed by atoms with Crippen LogP contribution in [0.1, 0.15) is 335 Å². The van der Waals surface area contributed by atoms with E-state index in [1.165, 1.54) is 295 Å². The van der Waals surface area contributed by atoms with E-state index in [0.717, 1.165) is 18.8 Å². The second kappa shape index (κ2) is 53.3. The molecule has 59 heavy (non-hydrogen) atoms. The normalized spacial score (nSPS) is 12.3. The molecule has 0 saturated carbocycles. The molecule has 0 fully saturated rings. The first-order valence-corrected chi connectivity index (χ1v) is 28.0. The lowest BCUT2D eigenvalue weighted by Gasteiger charge is -2.07. The lowest BCUT2D eigenvalue weighted by atomic mass is 9.99. The van der Waals surface area contributed by atoms with Crippen LogP contribution in [0, 0.1) is 5.92 Å². The molecule has 0 rings (SSSR count). The lowest BCUT2D eigenvalue weighted by Crippen LogP contribution is -2.05. The largest absolute Gasteiger partial charge is 0.466 e. The molecule has 0 heterocycles. The summed E-state index contributed by atoms with van der Waals surface area (Å²) in [5.41, 5.74) is 0. The zero-order valence-corrected chi connectivity index (χ0v) is 41.4. The molecule has 2 nitrogen and oxygen atoms in total. The quantitative estimate of drug-likeness (QED) is 0.0347. The second-order valence-corrected chi connectivity index (χ2v) is 19.5. The predicted octanol–water partition coefficient (Wildman–Crippen LogP) is 20.9. The van der Waals surface area contributed by atoms with Gasteiger partial charge in [0, 0.05) is 6.42 Å². The van der Waals surface area contributed by atoms with Gasteiger partial charge in [-0.25, -0.2) is 0 Å². The van der Waals surface area contributed by atoms with Crippen molar-refractivity contribution < 1.29 is 9.53 Å². The van der Waals surface area contributed by atoms with E-state index in [-0.39, 0.29) is 5.97 Å². The van der Waals surface area contributed by atoms with Crippen LogP contribution in [0.2, 0.25) is 0 Å². The van der Waals surface area contributed by atoms with Crippen LogP contribution in [0.4, 0.5) is 0 Å². The highest BCUT2D eigenvalue weighted by atomic mass is 16.5. The molecule has 0 amide bonds. The first kappa shape index (κ1) is 58.2. The van der Waals surface area contributed by atoms with Crippen molar-refractivity contribution in [2.45, 2.75) is 335 Å². The summed E-state index contributed by atoms with van der Waals surface area (Å²) in [6.45, 7) is 7.65. The van der Waals surface area contributed by atoms with Crippen molar-refractivity contribution in [2.75, 3.05) is 6.61 Å². The highest BCUT2D eigenvalue weighted by molar-refractivity contribution is 5.69. The van der Waals surface area contributed by atoms with E-state index in [2.05, 4.69) is 32.9 Å². The van der Waals surface area contributed by atoms with Gasteiger partial charge in [-0.3, -0.25) is 4.79 Å². The summed E-state index contributed by atoms with van der Waals surface area (Å²) in [7, 11) is 0. The smallest absolute Gasteiger partial charge is 0.305 e. The molecule has 0 N–H and O–H groups in total. The Morgan fingerprint density at radius 2 is 0.627 bits per heavy atom.